The van der Waals surface area contributed by atoms with Crippen molar-refractivity contribution in [1.82, 2.24) is 9.88 Å². The molecule has 1 heterocycles. The fraction of sp³-hybridized carbons (Fsp3) is 0.571. The number of nitrogens with one attached hydrogen (secondary N) is 1. The lowest BCUT2D eigenvalue weighted by atomic mass is 10.1. The number of hydrogen-bond acceptors (Lipinski definition) is 3. The number of amides is 1. The topological polar surface area (TPSA) is 45.2 Å². The van der Waals surface area contributed by atoms with Crippen LogP contribution in [0.4, 0.5) is 5.82 Å². The van der Waals surface area contributed by atoms with Gasteiger partial charge in [0.1, 0.15) is 5.82 Å². The molecule has 0 aliphatic heterocycles. The van der Waals surface area contributed by atoms with Gasteiger partial charge in [-0.2, -0.15) is 0 Å². The van der Waals surface area contributed by atoms with Gasteiger partial charge < -0.3 is 10.2 Å². The standard InChI is InChI=1S/C14H21N3O/c1-4-11-8-10(9-13(16-11)15-5-2)14(18)17(3)12-6-7-12/h8-9,12H,4-7H2,1-3H3,(H,15,16). The van der Waals surface area contributed by atoms with Crippen molar-refractivity contribution in [3.05, 3.63) is 23.4 Å². The second-order valence-corrected chi connectivity index (χ2v) is 4.76. The van der Waals surface area contributed by atoms with Gasteiger partial charge in [0.15, 0.2) is 0 Å². The smallest absolute Gasteiger partial charge is 0.254 e. The summed E-state index contributed by atoms with van der Waals surface area (Å²) < 4.78 is 0. The Balaban J connectivity index is 2.24. The van der Waals surface area contributed by atoms with Crippen LogP contribution in [0.3, 0.4) is 0 Å². The first-order chi connectivity index (χ1) is 8.65. The third-order valence-electron chi connectivity index (χ3n) is 3.26. The fourth-order valence-electron chi connectivity index (χ4n) is 2.00. The molecular weight excluding hydrogens is 226 g/mol. The Morgan fingerprint density at radius 2 is 2.17 bits per heavy atom. The van der Waals surface area contributed by atoms with E-state index in [0.29, 0.717) is 6.04 Å². The maximum atomic E-state index is 12.3. The van der Waals surface area contributed by atoms with Gasteiger partial charge in [0, 0.05) is 30.9 Å². The maximum Gasteiger partial charge on any atom is 0.254 e. The third-order valence-corrected chi connectivity index (χ3v) is 3.26. The molecule has 1 saturated carbocycles. The highest BCUT2D eigenvalue weighted by Gasteiger charge is 2.30. The number of pyridine rings is 1. The van der Waals surface area contributed by atoms with E-state index in [9.17, 15) is 4.79 Å². The van der Waals surface area contributed by atoms with Gasteiger partial charge in [-0.3, -0.25) is 4.79 Å². The van der Waals surface area contributed by atoms with Crippen LogP contribution in [0.1, 0.15) is 42.7 Å². The van der Waals surface area contributed by atoms with E-state index >= 15 is 0 Å². The lowest BCUT2D eigenvalue weighted by Crippen LogP contribution is -2.29. The van der Waals surface area contributed by atoms with Crippen LogP contribution >= 0.6 is 0 Å². The highest BCUT2D eigenvalue weighted by molar-refractivity contribution is 5.95. The maximum absolute atomic E-state index is 12.3. The Hall–Kier alpha value is -1.58. The molecule has 98 valence electrons. The predicted octanol–water partition coefficient (Wildman–Crippen LogP) is 2.31. The second kappa shape index (κ2) is 5.38. The molecule has 18 heavy (non-hydrogen) atoms. The average molecular weight is 247 g/mol. The largest absolute Gasteiger partial charge is 0.370 e. The summed E-state index contributed by atoms with van der Waals surface area (Å²) in [6.07, 6.45) is 3.11. The van der Waals surface area contributed by atoms with Crippen molar-refractivity contribution in [2.24, 2.45) is 0 Å². The van der Waals surface area contributed by atoms with Gasteiger partial charge in [0.25, 0.3) is 5.91 Å². The Morgan fingerprint density at radius 3 is 2.72 bits per heavy atom. The first-order valence-corrected chi connectivity index (χ1v) is 6.67. The van der Waals surface area contributed by atoms with E-state index < -0.39 is 0 Å². The predicted molar refractivity (Wildman–Crippen MR) is 72.9 cm³/mol. The molecule has 0 bridgehead atoms. The molecule has 4 heteroatoms. The lowest BCUT2D eigenvalue weighted by molar-refractivity contribution is 0.0785. The molecule has 0 atom stereocenters. The summed E-state index contributed by atoms with van der Waals surface area (Å²) in [5.74, 6) is 0.901. The minimum Gasteiger partial charge on any atom is -0.370 e. The van der Waals surface area contributed by atoms with Gasteiger partial charge in [-0.05, 0) is 38.3 Å². The zero-order valence-corrected chi connectivity index (χ0v) is 11.4. The number of aryl methyl sites for hydroxylation is 1. The molecule has 4 nitrogen and oxygen atoms in total. The molecule has 1 fully saturated rings. The van der Waals surface area contributed by atoms with Crippen molar-refractivity contribution in [2.75, 3.05) is 18.9 Å². The number of carbonyl (C=O) groups excluding carboxylic acids is 1. The number of aromatic nitrogens is 1. The molecule has 0 spiro atoms. The first-order valence-electron chi connectivity index (χ1n) is 6.67. The molecule has 0 unspecified atom stereocenters. The third kappa shape index (κ3) is 2.81. The van der Waals surface area contributed by atoms with Gasteiger partial charge in [-0.1, -0.05) is 6.92 Å². The zero-order valence-electron chi connectivity index (χ0n) is 11.4. The Labute approximate surface area is 108 Å². The van der Waals surface area contributed by atoms with Crippen molar-refractivity contribution in [3.63, 3.8) is 0 Å². The zero-order chi connectivity index (χ0) is 13.1. The number of carbonyl (C=O) groups is 1. The van der Waals surface area contributed by atoms with Gasteiger partial charge in [0.05, 0.1) is 0 Å². The van der Waals surface area contributed by atoms with Gasteiger partial charge in [-0.15, -0.1) is 0 Å². The molecule has 1 aliphatic carbocycles. The lowest BCUT2D eigenvalue weighted by Gasteiger charge is -2.17. The first kappa shape index (κ1) is 12.9. The molecule has 1 aromatic rings. The van der Waals surface area contributed by atoms with Crippen molar-refractivity contribution in [2.45, 2.75) is 39.2 Å². The Kier molecular flexibility index (Phi) is 3.84. The van der Waals surface area contributed by atoms with Crippen LogP contribution in [0.5, 0.6) is 0 Å². The van der Waals surface area contributed by atoms with E-state index in [1.807, 2.05) is 31.0 Å². The molecule has 1 aliphatic rings. The van der Waals surface area contributed by atoms with Crippen LogP contribution in [0, 0.1) is 0 Å². The summed E-state index contributed by atoms with van der Waals surface area (Å²) in [7, 11) is 1.89. The molecular formula is C14H21N3O. The quantitative estimate of drug-likeness (QED) is 0.868. The van der Waals surface area contributed by atoms with Gasteiger partial charge in [-0.25, -0.2) is 4.98 Å². The van der Waals surface area contributed by atoms with E-state index in [-0.39, 0.29) is 5.91 Å². The number of nitrogens with zero attached hydrogens (tertiary/aromatic N) is 2. The fourth-order valence-corrected chi connectivity index (χ4v) is 2.00. The van der Waals surface area contributed by atoms with Crippen molar-refractivity contribution >= 4 is 11.7 Å². The summed E-state index contributed by atoms with van der Waals surface area (Å²) in [6, 6.07) is 4.20. The van der Waals surface area contributed by atoms with E-state index in [0.717, 1.165) is 42.9 Å². The molecule has 1 aromatic heterocycles. The Bertz CT molecular complexity index is 441. The monoisotopic (exact) mass is 247 g/mol. The van der Waals surface area contributed by atoms with Gasteiger partial charge in [0.2, 0.25) is 0 Å². The summed E-state index contributed by atoms with van der Waals surface area (Å²) in [6.45, 7) is 4.89. The van der Waals surface area contributed by atoms with E-state index in [4.69, 9.17) is 0 Å². The van der Waals surface area contributed by atoms with E-state index in [1.54, 1.807) is 0 Å². The summed E-state index contributed by atoms with van der Waals surface area (Å²) in [5.41, 5.74) is 1.70. The van der Waals surface area contributed by atoms with E-state index in [2.05, 4.69) is 17.2 Å². The van der Waals surface area contributed by atoms with Crippen molar-refractivity contribution in [3.8, 4) is 0 Å². The molecule has 2 rings (SSSR count). The summed E-state index contributed by atoms with van der Waals surface area (Å²) >= 11 is 0. The van der Waals surface area contributed by atoms with Crippen molar-refractivity contribution < 1.29 is 4.79 Å². The normalized spacial score (nSPS) is 14.4. The van der Waals surface area contributed by atoms with Crippen LogP contribution in [0.15, 0.2) is 12.1 Å². The molecule has 0 radical (unpaired) electrons. The minimum atomic E-state index is 0.105. The number of anilines is 1. The minimum absolute atomic E-state index is 0.105. The number of hydrogen-bond donors (Lipinski definition) is 1. The molecule has 1 N–H and O–H groups in total. The van der Waals surface area contributed by atoms with Crippen LogP contribution in [-0.2, 0) is 6.42 Å². The summed E-state index contributed by atoms with van der Waals surface area (Å²) in [4.78, 5) is 18.6. The second-order valence-electron chi connectivity index (χ2n) is 4.76. The molecule has 0 saturated heterocycles. The highest BCUT2D eigenvalue weighted by Crippen LogP contribution is 2.27. The highest BCUT2D eigenvalue weighted by atomic mass is 16.2. The van der Waals surface area contributed by atoms with E-state index in [1.165, 1.54) is 0 Å². The Morgan fingerprint density at radius 1 is 1.44 bits per heavy atom. The average Bonchev–Trinajstić information content (AvgIpc) is 3.21. The van der Waals surface area contributed by atoms with Crippen LogP contribution in [0.25, 0.3) is 0 Å². The van der Waals surface area contributed by atoms with Crippen molar-refractivity contribution in [1.29, 1.82) is 0 Å². The molecule has 0 aromatic carbocycles. The summed E-state index contributed by atoms with van der Waals surface area (Å²) in [5, 5.41) is 3.18. The van der Waals surface area contributed by atoms with Crippen LogP contribution < -0.4 is 5.32 Å². The van der Waals surface area contributed by atoms with Crippen LogP contribution in [-0.4, -0.2) is 35.4 Å². The van der Waals surface area contributed by atoms with Gasteiger partial charge >= 0.3 is 0 Å². The molecule has 1 amide bonds. The van der Waals surface area contributed by atoms with Crippen LogP contribution in [0.2, 0.25) is 0 Å². The number of rotatable bonds is 5. The SMILES string of the molecule is CCNc1cc(C(=O)N(C)C2CC2)cc(CC)n1.